The molecule has 102 valence electrons. The summed E-state index contributed by atoms with van der Waals surface area (Å²) in [6.07, 6.45) is 0.568. The second-order valence-electron chi connectivity index (χ2n) is 4.03. The van der Waals surface area contributed by atoms with Crippen molar-refractivity contribution in [3.05, 3.63) is 24.3 Å². The van der Waals surface area contributed by atoms with E-state index in [1.807, 2.05) is 6.92 Å². The summed E-state index contributed by atoms with van der Waals surface area (Å²) < 4.78 is 31.7. The number of ether oxygens (including phenoxy) is 1. The lowest BCUT2D eigenvalue weighted by Crippen LogP contribution is -2.24. The predicted octanol–water partition coefficient (Wildman–Crippen LogP) is 1.56. The molecule has 0 aliphatic carbocycles. The lowest BCUT2D eigenvalue weighted by Gasteiger charge is -2.13. The van der Waals surface area contributed by atoms with Crippen molar-refractivity contribution < 1.29 is 13.2 Å². The zero-order chi connectivity index (χ0) is 13.6. The normalized spacial score (nSPS) is 13.1. The van der Waals surface area contributed by atoms with Crippen LogP contribution in [0.2, 0.25) is 0 Å². The van der Waals surface area contributed by atoms with Crippen LogP contribution in [0.4, 0.5) is 5.69 Å². The van der Waals surface area contributed by atoms with Crippen molar-refractivity contribution in [1.29, 1.82) is 0 Å². The van der Waals surface area contributed by atoms with Gasteiger partial charge in [-0.05, 0) is 25.5 Å². The van der Waals surface area contributed by atoms with Crippen molar-refractivity contribution in [2.24, 2.45) is 5.73 Å². The van der Waals surface area contributed by atoms with Gasteiger partial charge in [-0.3, -0.25) is 4.72 Å². The minimum Gasteiger partial charge on any atom is -0.492 e. The number of hydrogen-bond donors (Lipinski definition) is 2. The van der Waals surface area contributed by atoms with Gasteiger partial charge in [0, 0.05) is 12.6 Å². The van der Waals surface area contributed by atoms with Gasteiger partial charge in [-0.2, -0.15) is 0 Å². The summed E-state index contributed by atoms with van der Waals surface area (Å²) in [7, 11) is -3.33. The molecule has 1 atom stereocenters. The Morgan fingerprint density at radius 3 is 2.78 bits per heavy atom. The highest BCUT2D eigenvalue weighted by Crippen LogP contribution is 2.19. The fourth-order valence-electron chi connectivity index (χ4n) is 1.31. The molecule has 1 rings (SSSR count). The molecule has 18 heavy (non-hydrogen) atoms. The molecule has 3 N–H and O–H groups in total. The fraction of sp³-hybridized carbons (Fsp3) is 0.500. The topological polar surface area (TPSA) is 81.4 Å². The van der Waals surface area contributed by atoms with E-state index in [0.717, 1.165) is 0 Å². The van der Waals surface area contributed by atoms with Gasteiger partial charge < -0.3 is 10.5 Å². The Labute approximate surface area is 108 Å². The average Bonchev–Trinajstić information content (AvgIpc) is 2.35. The molecular weight excluding hydrogens is 252 g/mol. The highest BCUT2D eigenvalue weighted by molar-refractivity contribution is 7.93. The lowest BCUT2D eigenvalue weighted by atomic mass is 10.3. The first kappa shape index (κ1) is 14.8. The van der Waals surface area contributed by atoms with E-state index in [1.54, 1.807) is 31.2 Å². The van der Waals surface area contributed by atoms with Crippen molar-refractivity contribution in [1.82, 2.24) is 0 Å². The van der Waals surface area contributed by atoms with Gasteiger partial charge >= 0.3 is 0 Å². The Hall–Kier alpha value is -1.27. The SMILES string of the molecule is CCC(C)S(=O)(=O)Nc1cccc(OCCN)c1. The van der Waals surface area contributed by atoms with E-state index in [0.29, 0.717) is 31.0 Å². The maximum atomic E-state index is 11.9. The van der Waals surface area contributed by atoms with E-state index in [4.69, 9.17) is 10.5 Å². The van der Waals surface area contributed by atoms with Crippen molar-refractivity contribution >= 4 is 15.7 Å². The van der Waals surface area contributed by atoms with Crippen LogP contribution in [-0.2, 0) is 10.0 Å². The van der Waals surface area contributed by atoms with E-state index < -0.39 is 15.3 Å². The summed E-state index contributed by atoms with van der Waals surface area (Å²) in [5, 5.41) is -0.425. The zero-order valence-electron chi connectivity index (χ0n) is 10.7. The number of nitrogens with one attached hydrogen (secondary N) is 1. The van der Waals surface area contributed by atoms with Gasteiger partial charge in [0.05, 0.1) is 10.9 Å². The molecule has 0 radical (unpaired) electrons. The predicted molar refractivity (Wildman–Crippen MR) is 73.3 cm³/mol. The van der Waals surface area contributed by atoms with Crippen LogP contribution >= 0.6 is 0 Å². The first-order valence-electron chi connectivity index (χ1n) is 5.94. The van der Waals surface area contributed by atoms with E-state index in [-0.39, 0.29) is 0 Å². The van der Waals surface area contributed by atoms with E-state index >= 15 is 0 Å². The van der Waals surface area contributed by atoms with Crippen LogP contribution in [0.1, 0.15) is 20.3 Å². The molecule has 0 amide bonds. The lowest BCUT2D eigenvalue weighted by molar-refractivity contribution is 0.328. The van der Waals surface area contributed by atoms with Crippen molar-refractivity contribution in [2.45, 2.75) is 25.5 Å². The number of nitrogens with two attached hydrogens (primary N) is 1. The molecule has 1 unspecified atom stereocenters. The molecule has 0 aromatic heterocycles. The molecule has 0 spiro atoms. The van der Waals surface area contributed by atoms with E-state index in [1.165, 1.54) is 0 Å². The summed E-state index contributed by atoms with van der Waals surface area (Å²) in [4.78, 5) is 0. The molecule has 1 aromatic carbocycles. The van der Waals surface area contributed by atoms with Gasteiger partial charge in [0.2, 0.25) is 10.0 Å². The Balaban J connectivity index is 2.79. The van der Waals surface area contributed by atoms with Crippen molar-refractivity contribution in [3.63, 3.8) is 0 Å². The van der Waals surface area contributed by atoms with Crippen LogP contribution in [0.3, 0.4) is 0 Å². The highest BCUT2D eigenvalue weighted by atomic mass is 32.2. The van der Waals surface area contributed by atoms with Crippen LogP contribution in [0, 0.1) is 0 Å². The van der Waals surface area contributed by atoms with Gasteiger partial charge in [0.25, 0.3) is 0 Å². The van der Waals surface area contributed by atoms with Crippen molar-refractivity contribution in [2.75, 3.05) is 17.9 Å². The minimum absolute atomic E-state index is 0.404. The maximum Gasteiger partial charge on any atom is 0.235 e. The third-order valence-electron chi connectivity index (χ3n) is 2.59. The highest BCUT2D eigenvalue weighted by Gasteiger charge is 2.18. The van der Waals surface area contributed by atoms with Crippen LogP contribution in [0.15, 0.2) is 24.3 Å². The third-order valence-corrected chi connectivity index (χ3v) is 4.50. The number of anilines is 1. The molecule has 0 saturated heterocycles. The quantitative estimate of drug-likeness (QED) is 0.789. The number of rotatable bonds is 7. The second-order valence-corrected chi connectivity index (χ2v) is 6.13. The molecule has 0 saturated carbocycles. The van der Waals surface area contributed by atoms with Crippen LogP contribution in [0.25, 0.3) is 0 Å². The molecule has 0 aliphatic heterocycles. The molecule has 0 aliphatic rings. The van der Waals surface area contributed by atoms with Gasteiger partial charge in [0.1, 0.15) is 12.4 Å². The largest absolute Gasteiger partial charge is 0.492 e. The first-order chi connectivity index (χ1) is 8.49. The zero-order valence-corrected chi connectivity index (χ0v) is 11.5. The van der Waals surface area contributed by atoms with E-state index in [2.05, 4.69) is 4.72 Å². The summed E-state index contributed by atoms with van der Waals surface area (Å²) in [5.74, 6) is 0.602. The maximum absolute atomic E-state index is 11.9. The van der Waals surface area contributed by atoms with Crippen LogP contribution < -0.4 is 15.2 Å². The van der Waals surface area contributed by atoms with E-state index in [9.17, 15) is 8.42 Å². The molecule has 0 heterocycles. The summed E-state index contributed by atoms with van der Waals surface area (Å²) in [6.45, 7) is 4.34. The summed E-state index contributed by atoms with van der Waals surface area (Å²) >= 11 is 0. The summed E-state index contributed by atoms with van der Waals surface area (Å²) in [6, 6.07) is 6.84. The molecule has 6 heteroatoms. The van der Waals surface area contributed by atoms with Gasteiger partial charge in [-0.1, -0.05) is 13.0 Å². The Morgan fingerprint density at radius 2 is 2.17 bits per heavy atom. The number of sulfonamides is 1. The molecule has 5 nitrogen and oxygen atoms in total. The standard InChI is InChI=1S/C12H20N2O3S/c1-3-10(2)18(15,16)14-11-5-4-6-12(9-11)17-8-7-13/h4-6,9-10,14H,3,7-8,13H2,1-2H3. The average molecular weight is 272 g/mol. The van der Waals surface area contributed by atoms with Gasteiger partial charge in [0.15, 0.2) is 0 Å². The smallest absolute Gasteiger partial charge is 0.235 e. The van der Waals surface area contributed by atoms with Gasteiger partial charge in [-0.15, -0.1) is 0 Å². The summed E-state index contributed by atoms with van der Waals surface area (Å²) in [5.41, 5.74) is 5.84. The monoisotopic (exact) mass is 272 g/mol. The number of benzene rings is 1. The Kier molecular flexibility index (Phi) is 5.43. The molecule has 0 fully saturated rings. The third kappa shape index (κ3) is 4.19. The fourth-order valence-corrected chi connectivity index (χ4v) is 2.41. The number of hydrogen-bond acceptors (Lipinski definition) is 4. The van der Waals surface area contributed by atoms with Crippen LogP contribution in [0.5, 0.6) is 5.75 Å². The molecule has 1 aromatic rings. The Morgan fingerprint density at radius 1 is 1.44 bits per heavy atom. The van der Waals surface area contributed by atoms with Crippen LogP contribution in [-0.4, -0.2) is 26.8 Å². The molecule has 0 bridgehead atoms. The first-order valence-corrected chi connectivity index (χ1v) is 7.48. The van der Waals surface area contributed by atoms with Crippen molar-refractivity contribution in [3.8, 4) is 5.75 Å². The second kappa shape index (κ2) is 6.61. The Bertz CT molecular complexity index is 474. The van der Waals surface area contributed by atoms with Gasteiger partial charge in [-0.25, -0.2) is 8.42 Å². The minimum atomic E-state index is -3.33. The molecular formula is C12H20N2O3S.